The number of para-hydroxylation sites is 1. The molecule has 2 unspecified atom stereocenters. The Bertz CT molecular complexity index is 1110. The number of nitrogens with one attached hydrogen (secondary N) is 2. The minimum absolute atomic E-state index is 0.244. The van der Waals surface area contributed by atoms with Crippen molar-refractivity contribution >= 4 is 40.7 Å². The zero-order valence-corrected chi connectivity index (χ0v) is 20.6. The Labute approximate surface area is 212 Å². The topological polar surface area (TPSA) is 114 Å². The summed E-state index contributed by atoms with van der Waals surface area (Å²) >= 11 is 6.26. The molecule has 2 aromatic carbocycles. The van der Waals surface area contributed by atoms with Gasteiger partial charge in [-0.15, -0.1) is 0 Å². The predicted octanol–water partition coefficient (Wildman–Crippen LogP) is 4.82. The van der Waals surface area contributed by atoms with Crippen LogP contribution in [-0.2, 0) is 14.4 Å². The first-order chi connectivity index (χ1) is 17.0. The number of benzodiazepines with no additional fused rings is 1. The van der Waals surface area contributed by atoms with Crippen LogP contribution >= 0.6 is 11.6 Å². The Morgan fingerprint density at radius 1 is 1.14 bits per heavy atom. The van der Waals surface area contributed by atoms with Crippen molar-refractivity contribution in [1.82, 2.24) is 5.32 Å². The summed E-state index contributed by atoms with van der Waals surface area (Å²) in [5.74, 6) is -3.99. The number of benzene rings is 2. The van der Waals surface area contributed by atoms with Gasteiger partial charge >= 0.3 is 6.18 Å². The average molecular weight is 525 g/mol. The van der Waals surface area contributed by atoms with Gasteiger partial charge in [-0.1, -0.05) is 74.3 Å². The van der Waals surface area contributed by atoms with E-state index in [1.54, 1.807) is 48.5 Å². The summed E-state index contributed by atoms with van der Waals surface area (Å²) in [6.07, 6.45) is -7.29. The number of primary amides is 1. The van der Waals surface area contributed by atoms with E-state index in [-0.39, 0.29) is 10.7 Å². The second kappa shape index (κ2) is 13.1. The first-order valence-electron chi connectivity index (χ1n) is 11.3. The quantitative estimate of drug-likeness (QED) is 0.482. The lowest BCUT2D eigenvalue weighted by Gasteiger charge is -2.19. The van der Waals surface area contributed by atoms with Gasteiger partial charge in [0.1, 0.15) is 0 Å². The van der Waals surface area contributed by atoms with Crippen molar-refractivity contribution in [2.45, 2.75) is 51.9 Å². The Hall–Kier alpha value is -3.40. The fourth-order valence-corrected chi connectivity index (χ4v) is 3.60. The summed E-state index contributed by atoms with van der Waals surface area (Å²) in [7, 11) is 0. The minimum atomic E-state index is -4.52. The van der Waals surface area contributed by atoms with Crippen molar-refractivity contribution in [3.8, 4) is 0 Å². The van der Waals surface area contributed by atoms with Crippen LogP contribution in [0.1, 0.15) is 50.7 Å². The molecule has 0 spiro atoms. The summed E-state index contributed by atoms with van der Waals surface area (Å²) in [4.78, 5) is 41.3. The molecular formula is C25H28ClF3N4O3. The molecule has 0 bridgehead atoms. The van der Waals surface area contributed by atoms with Crippen LogP contribution in [0.3, 0.4) is 0 Å². The molecule has 3 rings (SSSR count). The zero-order chi connectivity index (χ0) is 26.9. The third-order valence-corrected chi connectivity index (χ3v) is 5.26. The van der Waals surface area contributed by atoms with Gasteiger partial charge < -0.3 is 16.4 Å². The molecule has 0 aromatic heterocycles. The van der Waals surface area contributed by atoms with Crippen molar-refractivity contribution < 1.29 is 27.6 Å². The van der Waals surface area contributed by atoms with Gasteiger partial charge in [0.2, 0.25) is 18.0 Å². The number of amides is 3. The Balaban J connectivity index is 0.00000145. The Morgan fingerprint density at radius 3 is 2.36 bits per heavy atom. The standard InChI is InChI=1S/C22H20ClF3N4O3.C3H8/c23-15-8-4-7-14-17(12-5-2-1-3-6-12)28-19(21(33)29-18(14)15)30-20(32)13(11-16(27)31)9-10-22(24,25)26;1-3-2/h1-8,13,19H,9-11H2,(H2,27,31)(H,29,33)(H,30,32);3H2,1-2H3. The highest BCUT2D eigenvalue weighted by Crippen LogP contribution is 2.31. The summed E-state index contributed by atoms with van der Waals surface area (Å²) in [5, 5.41) is 5.20. The van der Waals surface area contributed by atoms with E-state index >= 15 is 0 Å². The number of carbonyl (C=O) groups is 3. The lowest BCUT2D eigenvalue weighted by molar-refractivity contribution is -0.143. The van der Waals surface area contributed by atoms with Crippen LogP contribution in [0.25, 0.3) is 0 Å². The first-order valence-corrected chi connectivity index (χ1v) is 11.7. The monoisotopic (exact) mass is 524 g/mol. The number of nitrogens with two attached hydrogens (primary N) is 1. The third kappa shape index (κ3) is 8.37. The number of rotatable bonds is 7. The molecule has 0 radical (unpaired) electrons. The highest BCUT2D eigenvalue weighted by Gasteiger charge is 2.34. The molecule has 36 heavy (non-hydrogen) atoms. The molecule has 0 saturated carbocycles. The van der Waals surface area contributed by atoms with E-state index in [0.29, 0.717) is 16.8 Å². The highest BCUT2D eigenvalue weighted by atomic mass is 35.5. The smallest absolute Gasteiger partial charge is 0.370 e. The van der Waals surface area contributed by atoms with E-state index in [1.165, 1.54) is 6.42 Å². The number of hydrogen-bond acceptors (Lipinski definition) is 4. The molecule has 194 valence electrons. The molecule has 11 heteroatoms. The van der Waals surface area contributed by atoms with Crippen LogP contribution in [-0.4, -0.2) is 35.8 Å². The van der Waals surface area contributed by atoms with Crippen LogP contribution in [0.5, 0.6) is 0 Å². The molecule has 7 nitrogen and oxygen atoms in total. The predicted molar refractivity (Wildman–Crippen MR) is 133 cm³/mol. The lowest BCUT2D eigenvalue weighted by atomic mass is 9.97. The number of carbonyl (C=O) groups excluding carboxylic acids is 3. The zero-order valence-electron chi connectivity index (χ0n) is 19.9. The Morgan fingerprint density at radius 2 is 1.78 bits per heavy atom. The average Bonchev–Trinajstić information content (AvgIpc) is 2.94. The maximum atomic E-state index is 12.8. The van der Waals surface area contributed by atoms with Crippen LogP contribution in [0.4, 0.5) is 18.9 Å². The summed E-state index contributed by atoms with van der Waals surface area (Å²) in [6, 6.07) is 13.7. The van der Waals surface area contributed by atoms with Gasteiger partial charge in [-0.3, -0.25) is 14.4 Å². The molecule has 2 aromatic rings. The second-order valence-electron chi connectivity index (χ2n) is 8.13. The van der Waals surface area contributed by atoms with Crippen LogP contribution in [0.2, 0.25) is 5.02 Å². The maximum Gasteiger partial charge on any atom is 0.389 e. The third-order valence-electron chi connectivity index (χ3n) is 4.94. The minimum Gasteiger partial charge on any atom is -0.370 e. The normalized spacial score (nSPS) is 15.8. The molecule has 1 aliphatic heterocycles. The van der Waals surface area contributed by atoms with E-state index in [2.05, 4.69) is 29.5 Å². The SMILES string of the molecule is CCC.NC(=O)CC(CCC(F)(F)F)C(=O)NC1N=C(c2ccccc2)c2cccc(Cl)c2NC1=O. The highest BCUT2D eigenvalue weighted by molar-refractivity contribution is 6.36. The van der Waals surface area contributed by atoms with E-state index in [9.17, 15) is 27.6 Å². The number of alkyl halides is 3. The van der Waals surface area contributed by atoms with Crippen molar-refractivity contribution in [1.29, 1.82) is 0 Å². The maximum absolute atomic E-state index is 12.8. The largest absolute Gasteiger partial charge is 0.389 e. The van der Waals surface area contributed by atoms with E-state index in [1.807, 2.05) is 0 Å². The van der Waals surface area contributed by atoms with Crippen molar-refractivity contribution in [3.63, 3.8) is 0 Å². The van der Waals surface area contributed by atoms with Gasteiger partial charge in [-0.05, 0) is 12.5 Å². The summed E-state index contributed by atoms with van der Waals surface area (Å²) in [6.45, 7) is 4.25. The number of anilines is 1. The van der Waals surface area contributed by atoms with Crippen LogP contribution < -0.4 is 16.4 Å². The number of halogens is 4. The summed E-state index contributed by atoms with van der Waals surface area (Å²) in [5.41, 5.74) is 6.87. The van der Waals surface area contributed by atoms with Crippen LogP contribution in [0.15, 0.2) is 53.5 Å². The van der Waals surface area contributed by atoms with Gasteiger partial charge in [-0.25, -0.2) is 4.99 Å². The molecule has 0 saturated heterocycles. The molecule has 1 aliphatic rings. The summed E-state index contributed by atoms with van der Waals surface area (Å²) < 4.78 is 38.0. The molecule has 4 N–H and O–H groups in total. The lowest BCUT2D eigenvalue weighted by Crippen LogP contribution is -2.45. The van der Waals surface area contributed by atoms with Gasteiger partial charge in [0, 0.05) is 29.9 Å². The molecule has 1 heterocycles. The van der Waals surface area contributed by atoms with E-state index < -0.39 is 55.2 Å². The van der Waals surface area contributed by atoms with Gasteiger partial charge in [0.15, 0.2) is 0 Å². The van der Waals surface area contributed by atoms with Gasteiger partial charge in [-0.2, -0.15) is 13.2 Å². The van der Waals surface area contributed by atoms with E-state index in [4.69, 9.17) is 17.3 Å². The van der Waals surface area contributed by atoms with Gasteiger partial charge in [0.25, 0.3) is 5.91 Å². The number of fused-ring (bicyclic) bond motifs is 1. The van der Waals surface area contributed by atoms with Crippen molar-refractivity contribution in [2.24, 2.45) is 16.6 Å². The second-order valence-corrected chi connectivity index (χ2v) is 8.54. The van der Waals surface area contributed by atoms with Gasteiger partial charge in [0.05, 0.1) is 16.4 Å². The number of nitrogens with zero attached hydrogens (tertiary/aromatic N) is 1. The molecule has 0 aliphatic carbocycles. The molecule has 3 amide bonds. The number of aliphatic imine (C=N–C) groups is 1. The van der Waals surface area contributed by atoms with Crippen molar-refractivity contribution in [2.75, 3.05) is 5.32 Å². The molecule has 2 atom stereocenters. The first kappa shape index (κ1) is 28.8. The van der Waals surface area contributed by atoms with Crippen LogP contribution in [0, 0.1) is 5.92 Å². The fourth-order valence-electron chi connectivity index (χ4n) is 3.38. The Kier molecular flexibility index (Phi) is 10.5. The fraction of sp³-hybridized carbons (Fsp3) is 0.360. The van der Waals surface area contributed by atoms with Crippen molar-refractivity contribution in [3.05, 3.63) is 64.7 Å². The molecule has 0 fully saturated rings. The van der Waals surface area contributed by atoms with E-state index in [0.717, 1.165) is 0 Å². The molecular weight excluding hydrogens is 497 g/mol. The number of hydrogen-bond donors (Lipinski definition) is 3.